The van der Waals surface area contributed by atoms with Crippen LogP contribution in [0.1, 0.15) is 41.4 Å². The summed E-state index contributed by atoms with van der Waals surface area (Å²) in [5, 5.41) is 5.84. The fraction of sp³-hybridized carbons (Fsp3) is 0.333. The second-order valence-electron chi connectivity index (χ2n) is 8.36. The smallest absolute Gasteiger partial charge is 0.253 e. The minimum atomic E-state index is -0.0588. The first kappa shape index (κ1) is 25.4. The number of ether oxygens (including phenoxy) is 2. The van der Waals surface area contributed by atoms with Crippen LogP contribution in [0.3, 0.4) is 0 Å². The molecule has 0 aliphatic carbocycles. The first-order chi connectivity index (χ1) is 17.5. The van der Waals surface area contributed by atoms with Gasteiger partial charge in [-0.3, -0.25) is 14.8 Å². The van der Waals surface area contributed by atoms with Gasteiger partial charge in [0.1, 0.15) is 10.7 Å². The van der Waals surface area contributed by atoms with E-state index in [1.165, 1.54) is 11.3 Å². The second kappa shape index (κ2) is 11.8. The third-order valence-corrected chi connectivity index (χ3v) is 6.91. The van der Waals surface area contributed by atoms with Crippen LogP contribution in [0.25, 0.3) is 22.1 Å². The number of unbranched alkanes of at least 4 members (excludes halogenated alkanes) is 1. The van der Waals surface area contributed by atoms with E-state index in [1.54, 1.807) is 32.8 Å². The molecular weight excluding hydrogens is 474 g/mol. The number of carbonyl (C=O) groups is 1. The molecule has 3 aromatic heterocycles. The van der Waals surface area contributed by atoms with Crippen LogP contribution in [-0.4, -0.2) is 46.2 Å². The van der Waals surface area contributed by atoms with E-state index in [4.69, 9.17) is 14.5 Å². The van der Waals surface area contributed by atoms with Gasteiger partial charge in [-0.2, -0.15) is 0 Å². The molecule has 3 heterocycles. The van der Waals surface area contributed by atoms with Crippen molar-refractivity contribution in [1.29, 1.82) is 0 Å². The van der Waals surface area contributed by atoms with E-state index in [0.29, 0.717) is 30.2 Å². The fourth-order valence-electron chi connectivity index (χ4n) is 4.04. The highest BCUT2D eigenvalue weighted by Crippen LogP contribution is 2.32. The Morgan fingerprint density at radius 3 is 2.67 bits per heavy atom. The van der Waals surface area contributed by atoms with Gasteiger partial charge >= 0.3 is 0 Å². The van der Waals surface area contributed by atoms with Gasteiger partial charge in [-0.05, 0) is 43.5 Å². The van der Waals surface area contributed by atoms with Crippen LogP contribution in [-0.2, 0) is 13.0 Å². The van der Waals surface area contributed by atoms with Crippen molar-refractivity contribution in [3.63, 3.8) is 0 Å². The van der Waals surface area contributed by atoms with Crippen molar-refractivity contribution in [3.05, 3.63) is 65.1 Å². The highest BCUT2D eigenvalue weighted by molar-refractivity contribution is 7.13. The van der Waals surface area contributed by atoms with E-state index in [1.807, 2.05) is 36.6 Å². The van der Waals surface area contributed by atoms with Gasteiger partial charge in [0, 0.05) is 36.6 Å². The topological polar surface area (TPSA) is 91.2 Å². The molecule has 1 N–H and O–H groups in total. The quantitative estimate of drug-likeness (QED) is 0.283. The zero-order chi connectivity index (χ0) is 25.5. The highest BCUT2D eigenvalue weighted by Gasteiger charge is 2.20. The predicted molar refractivity (Wildman–Crippen MR) is 142 cm³/mol. The van der Waals surface area contributed by atoms with Gasteiger partial charge in [0.05, 0.1) is 37.4 Å². The number of thiazole rings is 1. The number of nitrogens with one attached hydrogen (secondary N) is 1. The maximum absolute atomic E-state index is 13.0. The SMILES string of the molecule is CCCCNC(=O)c1cc(-c2csc(-c3cnccn3)n2)n(CCc2ccc(OC)c(OC)c2)c1C. The molecule has 9 heteroatoms. The van der Waals surface area contributed by atoms with Crippen LogP contribution in [0.5, 0.6) is 11.5 Å². The van der Waals surface area contributed by atoms with Crippen LogP contribution in [0, 0.1) is 6.92 Å². The number of aryl methyl sites for hydroxylation is 1. The zero-order valence-corrected chi connectivity index (χ0v) is 21.9. The van der Waals surface area contributed by atoms with Crippen LogP contribution in [0.15, 0.2) is 48.2 Å². The Kier molecular flexibility index (Phi) is 8.32. The summed E-state index contributed by atoms with van der Waals surface area (Å²) in [5.74, 6) is 1.34. The van der Waals surface area contributed by atoms with Gasteiger partial charge in [0.25, 0.3) is 5.91 Å². The average molecular weight is 506 g/mol. The number of nitrogens with zero attached hydrogens (tertiary/aromatic N) is 4. The molecule has 0 fully saturated rings. The number of aromatic nitrogens is 4. The Labute approximate surface area is 215 Å². The molecule has 1 amide bonds. The van der Waals surface area contributed by atoms with Gasteiger partial charge < -0.3 is 19.4 Å². The van der Waals surface area contributed by atoms with Crippen molar-refractivity contribution in [1.82, 2.24) is 24.8 Å². The molecule has 1 aromatic carbocycles. The van der Waals surface area contributed by atoms with Gasteiger partial charge in [0.15, 0.2) is 11.5 Å². The minimum Gasteiger partial charge on any atom is -0.493 e. The third kappa shape index (κ3) is 5.57. The second-order valence-corrected chi connectivity index (χ2v) is 9.22. The molecule has 188 valence electrons. The minimum absolute atomic E-state index is 0.0588. The van der Waals surface area contributed by atoms with Crippen molar-refractivity contribution in [2.45, 2.75) is 39.7 Å². The lowest BCUT2D eigenvalue weighted by atomic mass is 10.1. The van der Waals surface area contributed by atoms with Crippen molar-refractivity contribution >= 4 is 17.2 Å². The normalized spacial score (nSPS) is 10.9. The molecule has 4 aromatic rings. The molecule has 8 nitrogen and oxygen atoms in total. The maximum atomic E-state index is 13.0. The van der Waals surface area contributed by atoms with E-state index >= 15 is 0 Å². The standard InChI is InChI=1S/C27H31N5O3S/c1-5-6-10-30-26(33)20-15-23(22-17-36-27(31-22)21-16-28-11-12-29-21)32(18(20)2)13-9-19-7-8-24(34-3)25(14-19)35-4/h7-8,11-12,14-17H,5-6,9-10,13H2,1-4H3,(H,30,33). The summed E-state index contributed by atoms with van der Waals surface area (Å²) in [6.07, 6.45) is 7.73. The molecule has 0 spiro atoms. The third-order valence-electron chi connectivity index (χ3n) is 6.05. The Bertz CT molecular complexity index is 1320. The molecule has 0 unspecified atom stereocenters. The number of methoxy groups -OCH3 is 2. The lowest BCUT2D eigenvalue weighted by Crippen LogP contribution is -2.24. The molecular formula is C27H31N5O3S. The molecule has 0 aliphatic rings. The van der Waals surface area contributed by atoms with Crippen molar-refractivity contribution < 1.29 is 14.3 Å². The molecule has 0 bridgehead atoms. The van der Waals surface area contributed by atoms with Gasteiger partial charge in [-0.15, -0.1) is 11.3 Å². The number of hydrogen-bond acceptors (Lipinski definition) is 7. The fourth-order valence-corrected chi connectivity index (χ4v) is 4.82. The number of rotatable bonds is 11. The van der Waals surface area contributed by atoms with Gasteiger partial charge in [-0.1, -0.05) is 19.4 Å². The largest absolute Gasteiger partial charge is 0.493 e. The lowest BCUT2D eigenvalue weighted by molar-refractivity contribution is 0.0952. The van der Waals surface area contributed by atoms with Crippen molar-refractivity contribution in [3.8, 4) is 33.6 Å². The molecule has 0 saturated carbocycles. The van der Waals surface area contributed by atoms with Crippen LogP contribution >= 0.6 is 11.3 Å². The van der Waals surface area contributed by atoms with E-state index in [2.05, 4.69) is 26.8 Å². The predicted octanol–water partition coefficient (Wildman–Crippen LogP) is 5.17. The summed E-state index contributed by atoms with van der Waals surface area (Å²) in [4.78, 5) is 26.4. The summed E-state index contributed by atoms with van der Waals surface area (Å²) in [5.41, 5.74) is 5.13. The van der Waals surface area contributed by atoms with Crippen LogP contribution in [0.2, 0.25) is 0 Å². The molecule has 4 rings (SSSR count). The molecule has 0 saturated heterocycles. The summed E-state index contributed by atoms with van der Waals surface area (Å²) >= 11 is 1.51. The van der Waals surface area contributed by atoms with Gasteiger partial charge in [0.2, 0.25) is 0 Å². The van der Waals surface area contributed by atoms with E-state index in [9.17, 15) is 4.79 Å². The zero-order valence-electron chi connectivity index (χ0n) is 21.1. The maximum Gasteiger partial charge on any atom is 0.253 e. The Hall–Kier alpha value is -3.72. The Balaban J connectivity index is 1.66. The van der Waals surface area contributed by atoms with Gasteiger partial charge in [-0.25, -0.2) is 4.98 Å². The first-order valence-electron chi connectivity index (χ1n) is 12.0. The number of amides is 1. The number of carbonyl (C=O) groups excluding carboxylic acids is 1. The van der Waals surface area contributed by atoms with Crippen molar-refractivity contribution in [2.75, 3.05) is 20.8 Å². The van der Waals surface area contributed by atoms with Crippen LogP contribution in [0.4, 0.5) is 0 Å². The Morgan fingerprint density at radius 2 is 1.94 bits per heavy atom. The average Bonchev–Trinajstić information content (AvgIpc) is 3.52. The monoisotopic (exact) mass is 505 g/mol. The molecule has 0 atom stereocenters. The number of hydrogen-bond donors (Lipinski definition) is 1. The van der Waals surface area contributed by atoms with Crippen molar-refractivity contribution in [2.24, 2.45) is 0 Å². The number of benzene rings is 1. The molecule has 0 radical (unpaired) electrons. The van der Waals surface area contributed by atoms with E-state index in [-0.39, 0.29) is 5.91 Å². The summed E-state index contributed by atoms with van der Waals surface area (Å²) in [7, 11) is 3.26. The first-order valence-corrected chi connectivity index (χ1v) is 12.8. The lowest BCUT2D eigenvalue weighted by Gasteiger charge is -2.13. The highest BCUT2D eigenvalue weighted by atomic mass is 32.1. The summed E-state index contributed by atoms with van der Waals surface area (Å²) < 4.78 is 13.0. The molecule has 0 aliphatic heterocycles. The Morgan fingerprint density at radius 1 is 1.11 bits per heavy atom. The summed E-state index contributed by atoms with van der Waals surface area (Å²) in [6, 6.07) is 7.89. The van der Waals surface area contributed by atoms with E-state index < -0.39 is 0 Å². The summed E-state index contributed by atoms with van der Waals surface area (Å²) in [6.45, 7) is 5.44. The molecule has 36 heavy (non-hydrogen) atoms. The van der Waals surface area contributed by atoms with Crippen LogP contribution < -0.4 is 14.8 Å². The van der Waals surface area contributed by atoms with E-state index in [0.717, 1.165) is 52.6 Å².